The van der Waals surface area contributed by atoms with E-state index in [1.165, 1.54) is 14.2 Å². The van der Waals surface area contributed by atoms with E-state index in [1.54, 1.807) is 13.8 Å². The number of ether oxygens (including phenoxy) is 7. The molecular weight excluding hydrogens is 468 g/mol. The standard InChI is InChI=1S/C27H36O9/c1-26(30-3)27(2,31-4)36-24(22(35-26)20(29)15-28)23-21(32-16-18-11-7-5-8-12-18)17-33-25(34-23)19-13-9-6-10-14-19/h5-14,20-25,28-29H,15-17H2,1-4H3/t20-,21+,22-,23+,24+,25?,26?,27?/m0/s1. The fourth-order valence-corrected chi connectivity index (χ4v) is 4.53. The van der Waals surface area contributed by atoms with E-state index in [2.05, 4.69) is 0 Å². The van der Waals surface area contributed by atoms with Crippen molar-refractivity contribution < 1.29 is 43.4 Å². The van der Waals surface area contributed by atoms with Gasteiger partial charge in [-0.1, -0.05) is 60.7 Å². The molecule has 2 aliphatic rings. The minimum Gasteiger partial charge on any atom is -0.394 e. The summed E-state index contributed by atoms with van der Waals surface area (Å²) < 4.78 is 42.7. The normalized spacial score (nSPS) is 35.9. The van der Waals surface area contributed by atoms with E-state index in [4.69, 9.17) is 33.2 Å². The first kappa shape index (κ1) is 27.1. The molecule has 4 rings (SSSR count). The number of benzene rings is 2. The highest BCUT2D eigenvalue weighted by molar-refractivity contribution is 5.17. The second-order valence-corrected chi connectivity index (χ2v) is 9.23. The molecule has 9 heteroatoms. The van der Waals surface area contributed by atoms with Crippen LogP contribution >= 0.6 is 0 Å². The molecule has 8 atom stereocenters. The molecule has 2 fully saturated rings. The third kappa shape index (κ3) is 5.50. The van der Waals surface area contributed by atoms with Crippen LogP contribution < -0.4 is 0 Å². The van der Waals surface area contributed by atoms with Crippen molar-refractivity contribution in [2.45, 2.75) is 68.8 Å². The first-order valence-electron chi connectivity index (χ1n) is 12.1. The molecule has 0 aromatic heterocycles. The Labute approximate surface area is 211 Å². The first-order valence-corrected chi connectivity index (χ1v) is 12.1. The fraction of sp³-hybridized carbons (Fsp3) is 0.556. The van der Waals surface area contributed by atoms with Crippen molar-refractivity contribution in [3.63, 3.8) is 0 Å². The summed E-state index contributed by atoms with van der Waals surface area (Å²) in [6.07, 6.45) is -5.17. The highest BCUT2D eigenvalue weighted by Crippen LogP contribution is 2.43. The lowest BCUT2D eigenvalue weighted by Gasteiger charge is -2.55. The Balaban J connectivity index is 1.66. The Morgan fingerprint density at radius 1 is 0.917 bits per heavy atom. The topological polar surface area (TPSA) is 105 Å². The van der Waals surface area contributed by atoms with Crippen molar-refractivity contribution in [3.05, 3.63) is 71.8 Å². The van der Waals surface area contributed by atoms with Crippen molar-refractivity contribution in [3.8, 4) is 0 Å². The Morgan fingerprint density at radius 2 is 1.53 bits per heavy atom. The average Bonchev–Trinajstić information content (AvgIpc) is 2.93. The molecule has 2 N–H and O–H groups in total. The molecule has 9 nitrogen and oxygen atoms in total. The van der Waals surface area contributed by atoms with Crippen LogP contribution in [0.3, 0.4) is 0 Å². The van der Waals surface area contributed by atoms with Crippen molar-refractivity contribution in [2.24, 2.45) is 0 Å². The lowest BCUT2D eigenvalue weighted by molar-refractivity contribution is -0.468. The third-order valence-electron chi connectivity index (χ3n) is 6.98. The predicted octanol–water partition coefficient (Wildman–Crippen LogP) is 2.55. The second-order valence-electron chi connectivity index (χ2n) is 9.23. The Morgan fingerprint density at radius 3 is 2.14 bits per heavy atom. The summed E-state index contributed by atoms with van der Waals surface area (Å²) in [6, 6.07) is 19.3. The van der Waals surface area contributed by atoms with Crippen LogP contribution in [0.25, 0.3) is 0 Å². The Bertz CT molecular complexity index is 945. The van der Waals surface area contributed by atoms with Crippen LogP contribution in [-0.4, -0.2) is 79.7 Å². The van der Waals surface area contributed by atoms with Gasteiger partial charge in [0.15, 0.2) is 6.29 Å². The molecule has 0 aliphatic carbocycles. The summed E-state index contributed by atoms with van der Waals surface area (Å²) in [6.45, 7) is 3.34. The van der Waals surface area contributed by atoms with Gasteiger partial charge < -0.3 is 43.4 Å². The predicted molar refractivity (Wildman–Crippen MR) is 129 cm³/mol. The largest absolute Gasteiger partial charge is 0.394 e. The lowest BCUT2D eigenvalue weighted by atomic mass is 9.93. The van der Waals surface area contributed by atoms with E-state index < -0.39 is 55.0 Å². The van der Waals surface area contributed by atoms with Crippen molar-refractivity contribution >= 4 is 0 Å². The minimum atomic E-state index is -1.37. The number of aliphatic hydroxyl groups is 2. The SMILES string of the molecule is COC1(C)O[C@@H]([C@@H]2OC(c3ccccc3)OC[C@H]2OCc2ccccc2)[C@H]([C@@H](O)CO)OC1(C)OC. The lowest BCUT2D eigenvalue weighted by Crippen LogP contribution is -2.71. The Kier molecular flexibility index (Phi) is 8.77. The highest BCUT2D eigenvalue weighted by Gasteiger charge is 2.61. The molecule has 2 aromatic rings. The van der Waals surface area contributed by atoms with Gasteiger partial charge in [0, 0.05) is 19.8 Å². The highest BCUT2D eigenvalue weighted by atomic mass is 16.8. The van der Waals surface area contributed by atoms with Crippen LogP contribution in [0.1, 0.15) is 31.3 Å². The molecule has 0 radical (unpaired) electrons. The molecule has 36 heavy (non-hydrogen) atoms. The molecule has 2 heterocycles. The summed E-state index contributed by atoms with van der Waals surface area (Å²) in [5.74, 6) is -2.73. The number of methoxy groups -OCH3 is 2. The van der Waals surface area contributed by atoms with Gasteiger partial charge >= 0.3 is 0 Å². The smallest absolute Gasteiger partial charge is 0.220 e. The van der Waals surface area contributed by atoms with Crippen LogP contribution in [0.15, 0.2) is 60.7 Å². The van der Waals surface area contributed by atoms with Crippen LogP contribution in [0, 0.1) is 0 Å². The van der Waals surface area contributed by atoms with Gasteiger partial charge in [0.05, 0.1) is 19.8 Å². The summed E-state index contributed by atoms with van der Waals surface area (Å²) >= 11 is 0. The van der Waals surface area contributed by atoms with Gasteiger partial charge in [-0.2, -0.15) is 0 Å². The zero-order valence-corrected chi connectivity index (χ0v) is 21.1. The molecule has 3 unspecified atom stereocenters. The van der Waals surface area contributed by atoms with Crippen molar-refractivity contribution in [1.82, 2.24) is 0 Å². The van der Waals surface area contributed by atoms with Crippen molar-refractivity contribution in [1.29, 1.82) is 0 Å². The summed E-state index contributed by atoms with van der Waals surface area (Å²) in [5, 5.41) is 20.6. The van der Waals surface area contributed by atoms with Gasteiger partial charge in [0.25, 0.3) is 0 Å². The number of rotatable bonds is 9. The summed E-state index contributed by atoms with van der Waals surface area (Å²) in [5.41, 5.74) is 1.82. The van der Waals surface area contributed by atoms with Crippen LogP contribution in [-0.2, 0) is 39.8 Å². The van der Waals surface area contributed by atoms with Gasteiger partial charge in [-0.05, 0) is 19.4 Å². The first-order chi connectivity index (χ1) is 17.3. The number of hydrogen-bond acceptors (Lipinski definition) is 9. The van der Waals surface area contributed by atoms with E-state index in [9.17, 15) is 10.2 Å². The van der Waals surface area contributed by atoms with E-state index >= 15 is 0 Å². The van der Waals surface area contributed by atoms with Gasteiger partial charge in [0.1, 0.15) is 30.5 Å². The number of hydrogen-bond donors (Lipinski definition) is 2. The molecule has 2 aromatic carbocycles. The van der Waals surface area contributed by atoms with Gasteiger partial charge in [-0.3, -0.25) is 0 Å². The van der Waals surface area contributed by atoms with E-state index in [0.717, 1.165) is 11.1 Å². The summed E-state index contributed by atoms with van der Waals surface area (Å²) in [4.78, 5) is 0. The summed E-state index contributed by atoms with van der Waals surface area (Å²) in [7, 11) is 2.95. The van der Waals surface area contributed by atoms with Crippen LogP contribution in [0.5, 0.6) is 0 Å². The molecule has 2 aliphatic heterocycles. The molecule has 0 bridgehead atoms. The maximum Gasteiger partial charge on any atom is 0.220 e. The van der Waals surface area contributed by atoms with Gasteiger partial charge in [-0.15, -0.1) is 0 Å². The molecule has 2 saturated heterocycles. The third-order valence-corrected chi connectivity index (χ3v) is 6.98. The second kappa shape index (κ2) is 11.6. The zero-order chi connectivity index (χ0) is 25.8. The van der Waals surface area contributed by atoms with Crippen LogP contribution in [0.2, 0.25) is 0 Å². The van der Waals surface area contributed by atoms with E-state index in [1.807, 2.05) is 60.7 Å². The van der Waals surface area contributed by atoms with Crippen molar-refractivity contribution in [2.75, 3.05) is 27.4 Å². The molecule has 0 saturated carbocycles. The quantitative estimate of drug-likeness (QED) is 0.533. The fourth-order valence-electron chi connectivity index (χ4n) is 4.53. The zero-order valence-electron chi connectivity index (χ0n) is 21.1. The Hall–Kier alpha value is -1.92. The maximum atomic E-state index is 10.8. The maximum absolute atomic E-state index is 10.8. The molecule has 198 valence electrons. The molecule has 0 amide bonds. The van der Waals surface area contributed by atoms with Gasteiger partial charge in [0.2, 0.25) is 11.6 Å². The number of aliphatic hydroxyl groups excluding tert-OH is 2. The van der Waals surface area contributed by atoms with Crippen LogP contribution in [0.4, 0.5) is 0 Å². The monoisotopic (exact) mass is 504 g/mol. The molecular formula is C27H36O9. The average molecular weight is 505 g/mol. The van der Waals surface area contributed by atoms with E-state index in [0.29, 0.717) is 6.61 Å². The molecule has 0 spiro atoms. The minimum absolute atomic E-state index is 0.212. The van der Waals surface area contributed by atoms with Gasteiger partial charge in [-0.25, -0.2) is 0 Å². The van der Waals surface area contributed by atoms with E-state index in [-0.39, 0.29) is 6.61 Å².